The summed E-state index contributed by atoms with van der Waals surface area (Å²) in [6.45, 7) is 5.31. The van der Waals surface area contributed by atoms with Crippen molar-refractivity contribution >= 4 is 5.91 Å². The zero-order valence-corrected chi connectivity index (χ0v) is 17.2. The monoisotopic (exact) mass is 380 g/mol. The molecule has 1 N–H and O–H groups in total. The minimum Gasteiger partial charge on any atom is -0.348 e. The molecule has 0 bridgehead atoms. The molecule has 0 saturated heterocycles. The van der Waals surface area contributed by atoms with Crippen LogP contribution in [0, 0.1) is 6.92 Å². The molecule has 0 fully saturated rings. The van der Waals surface area contributed by atoms with Crippen LogP contribution in [-0.4, -0.2) is 10.5 Å². The number of pyridine rings is 1. The van der Waals surface area contributed by atoms with Gasteiger partial charge in [0.1, 0.15) is 5.56 Å². The van der Waals surface area contributed by atoms with Gasteiger partial charge in [-0.3, -0.25) is 9.59 Å². The maximum Gasteiger partial charge on any atom is 0.263 e. The van der Waals surface area contributed by atoms with E-state index in [2.05, 4.69) is 12.2 Å². The Hall–Kier alpha value is -2.36. The van der Waals surface area contributed by atoms with Crippen molar-refractivity contribution in [2.24, 2.45) is 0 Å². The van der Waals surface area contributed by atoms with Crippen molar-refractivity contribution in [3.63, 3.8) is 0 Å². The summed E-state index contributed by atoms with van der Waals surface area (Å²) in [7, 11) is 0. The van der Waals surface area contributed by atoms with Crippen molar-refractivity contribution in [1.82, 2.24) is 9.88 Å². The molecule has 0 atom stereocenters. The molecule has 0 unspecified atom stereocenters. The van der Waals surface area contributed by atoms with Gasteiger partial charge in [0.05, 0.1) is 0 Å². The van der Waals surface area contributed by atoms with E-state index in [1.165, 1.54) is 24.0 Å². The Labute approximate surface area is 168 Å². The fourth-order valence-corrected chi connectivity index (χ4v) is 3.93. The number of fused-ring (bicyclic) bond motifs is 1. The molecule has 0 saturated carbocycles. The Bertz CT molecular complexity index is 865. The lowest BCUT2D eigenvalue weighted by atomic mass is 9.95. The highest BCUT2D eigenvalue weighted by Crippen LogP contribution is 2.20. The van der Waals surface area contributed by atoms with E-state index in [-0.39, 0.29) is 11.5 Å². The van der Waals surface area contributed by atoms with Crippen molar-refractivity contribution in [1.29, 1.82) is 0 Å². The van der Waals surface area contributed by atoms with Gasteiger partial charge in [-0.1, -0.05) is 56.0 Å². The predicted octanol–water partition coefficient (Wildman–Crippen LogP) is 4.55. The van der Waals surface area contributed by atoms with E-state index in [4.69, 9.17) is 0 Å². The van der Waals surface area contributed by atoms with E-state index >= 15 is 0 Å². The van der Waals surface area contributed by atoms with Gasteiger partial charge in [0.15, 0.2) is 0 Å². The zero-order valence-electron chi connectivity index (χ0n) is 17.2. The summed E-state index contributed by atoms with van der Waals surface area (Å²) in [5.41, 5.74) is 4.74. The van der Waals surface area contributed by atoms with Gasteiger partial charge in [-0.25, -0.2) is 0 Å². The maximum atomic E-state index is 13.1. The van der Waals surface area contributed by atoms with Gasteiger partial charge in [0, 0.05) is 18.8 Å². The highest BCUT2D eigenvalue weighted by atomic mass is 16.2. The van der Waals surface area contributed by atoms with E-state index in [9.17, 15) is 9.59 Å². The van der Waals surface area contributed by atoms with Crippen LogP contribution in [0.15, 0.2) is 35.1 Å². The standard InChI is InChI=1S/C24H32N2O2/c1-3-4-15-26-22-10-8-6-5-7-9-20(22)16-21(24(26)28)23(27)25-17-19-13-11-18(2)12-14-19/h11-14,16H,3-10,15,17H2,1-2H3,(H,25,27). The number of carbonyl (C=O) groups is 1. The van der Waals surface area contributed by atoms with E-state index in [1.54, 1.807) is 0 Å². The molecule has 4 heteroatoms. The molecule has 0 spiro atoms. The molecule has 1 aromatic carbocycles. The van der Waals surface area contributed by atoms with Crippen LogP contribution >= 0.6 is 0 Å². The molecule has 1 aliphatic rings. The number of aryl methyl sites for hydroxylation is 2. The SMILES string of the molecule is CCCCn1c2c(cc(C(=O)NCc3ccc(C)cc3)c1=O)CCCCCC2. The van der Waals surface area contributed by atoms with Crippen LogP contribution in [0.1, 0.15) is 78.2 Å². The van der Waals surface area contributed by atoms with E-state index in [0.717, 1.165) is 49.8 Å². The number of rotatable bonds is 6. The Morgan fingerprint density at radius 1 is 1.07 bits per heavy atom. The van der Waals surface area contributed by atoms with Gasteiger partial charge < -0.3 is 9.88 Å². The first-order valence-corrected chi connectivity index (χ1v) is 10.7. The summed E-state index contributed by atoms with van der Waals surface area (Å²) in [6, 6.07) is 9.95. The first-order chi connectivity index (χ1) is 13.6. The molecule has 0 aliphatic heterocycles. The van der Waals surface area contributed by atoms with E-state index in [1.807, 2.05) is 41.8 Å². The summed E-state index contributed by atoms with van der Waals surface area (Å²) in [6.07, 6.45) is 8.59. The number of aromatic nitrogens is 1. The molecule has 1 heterocycles. The molecule has 2 aromatic rings. The average Bonchev–Trinajstić information content (AvgIpc) is 2.67. The second-order valence-electron chi connectivity index (χ2n) is 7.92. The van der Waals surface area contributed by atoms with Crippen LogP contribution in [0.25, 0.3) is 0 Å². The summed E-state index contributed by atoms with van der Waals surface area (Å²) in [5.74, 6) is -0.263. The summed E-state index contributed by atoms with van der Waals surface area (Å²) >= 11 is 0. The maximum absolute atomic E-state index is 13.1. The normalized spacial score (nSPS) is 14.1. The third-order valence-electron chi connectivity index (χ3n) is 5.65. The first-order valence-electron chi connectivity index (χ1n) is 10.7. The van der Waals surface area contributed by atoms with Crippen LogP contribution in [-0.2, 0) is 25.9 Å². The van der Waals surface area contributed by atoms with Gasteiger partial charge in [0.2, 0.25) is 0 Å². The molecule has 28 heavy (non-hydrogen) atoms. The highest BCUT2D eigenvalue weighted by molar-refractivity contribution is 5.94. The minimum absolute atomic E-state index is 0.130. The highest BCUT2D eigenvalue weighted by Gasteiger charge is 2.19. The predicted molar refractivity (Wildman–Crippen MR) is 114 cm³/mol. The first kappa shape index (κ1) is 20.4. The van der Waals surface area contributed by atoms with Gasteiger partial charge in [-0.2, -0.15) is 0 Å². The van der Waals surface area contributed by atoms with Crippen LogP contribution in [0.4, 0.5) is 0 Å². The number of nitrogens with zero attached hydrogens (tertiary/aromatic N) is 1. The Morgan fingerprint density at radius 3 is 2.50 bits per heavy atom. The number of unbranched alkanes of at least 4 members (excludes halogenated alkanes) is 1. The molecule has 3 rings (SSSR count). The van der Waals surface area contributed by atoms with E-state index < -0.39 is 0 Å². The molecule has 1 aliphatic carbocycles. The van der Waals surface area contributed by atoms with Crippen molar-refractivity contribution in [2.45, 2.75) is 78.3 Å². The molecular weight excluding hydrogens is 348 g/mol. The van der Waals surface area contributed by atoms with Crippen molar-refractivity contribution in [3.8, 4) is 0 Å². The van der Waals surface area contributed by atoms with E-state index in [0.29, 0.717) is 18.7 Å². The summed E-state index contributed by atoms with van der Waals surface area (Å²) < 4.78 is 1.89. The van der Waals surface area contributed by atoms with Crippen LogP contribution in [0.5, 0.6) is 0 Å². The summed E-state index contributed by atoms with van der Waals surface area (Å²) in [5, 5.41) is 2.94. The quantitative estimate of drug-likeness (QED) is 0.799. The lowest BCUT2D eigenvalue weighted by Gasteiger charge is -2.21. The fourth-order valence-electron chi connectivity index (χ4n) is 3.93. The van der Waals surface area contributed by atoms with Crippen LogP contribution in [0.3, 0.4) is 0 Å². The number of hydrogen-bond acceptors (Lipinski definition) is 2. The zero-order chi connectivity index (χ0) is 19.9. The lowest BCUT2D eigenvalue weighted by molar-refractivity contribution is 0.0948. The average molecular weight is 381 g/mol. The smallest absolute Gasteiger partial charge is 0.263 e. The fraction of sp³-hybridized carbons (Fsp3) is 0.500. The van der Waals surface area contributed by atoms with Crippen molar-refractivity contribution in [2.75, 3.05) is 0 Å². The van der Waals surface area contributed by atoms with Gasteiger partial charge >= 0.3 is 0 Å². The van der Waals surface area contributed by atoms with Gasteiger partial charge in [-0.15, -0.1) is 0 Å². The molecular formula is C24H32N2O2. The minimum atomic E-state index is -0.263. The second-order valence-corrected chi connectivity index (χ2v) is 7.92. The third-order valence-corrected chi connectivity index (χ3v) is 5.65. The lowest BCUT2D eigenvalue weighted by Crippen LogP contribution is -2.35. The van der Waals surface area contributed by atoms with Crippen molar-refractivity contribution < 1.29 is 4.79 Å². The summed E-state index contributed by atoms with van der Waals surface area (Å²) in [4.78, 5) is 26.0. The number of amides is 1. The second kappa shape index (κ2) is 9.72. The Kier molecular flexibility index (Phi) is 7.07. The molecule has 0 radical (unpaired) electrons. The topological polar surface area (TPSA) is 51.1 Å². The number of nitrogens with one attached hydrogen (secondary N) is 1. The number of benzene rings is 1. The number of carbonyl (C=O) groups excluding carboxylic acids is 1. The molecule has 4 nitrogen and oxygen atoms in total. The Balaban J connectivity index is 1.88. The molecule has 1 aromatic heterocycles. The van der Waals surface area contributed by atoms with Crippen LogP contribution < -0.4 is 10.9 Å². The van der Waals surface area contributed by atoms with Gasteiger partial charge in [0.25, 0.3) is 11.5 Å². The largest absolute Gasteiger partial charge is 0.348 e. The molecule has 150 valence electrons. The van der Waals surface area contributed by atoms with Gasteiger partial charge in [-0.05, 0) is 56.2 Å². The molecule has 1 amide bonds. The Morgan fingerprint density at radius 2 is 1.79 bits per heavy atom. The van der Waals surface area contributed by atoms with Crippen LogP contribution in [0.2, 0.25) is 0 Å². The third kappa shape index (κ3) is 4.92. The number of hydrogen-bond donors (Lipinski definition) is 1. The van der Waals surface area contributed by atoms with Crippen molar-refractivity contribution in [3.05, 3.63) is 68.6 Å².